The summed E-state index contributed by atoms with van der Waals surface area (Å²) in [6, 6.07) is 11.2. The number of amides is 2. The molecule has 3 heterocycles. The van der Waals surface area contributed by atoms with Gasteiger partial charge in [-0.3, -0.25) is 9.59 Å². The summed E-state index contributed by atoms with van der Waals surface area (Å²) in [7, 11) is 0. The highest BCUT2D eigenvalue weighted by Crippen LogP contribution is 2.19. The summed E-state index contributed by atoms with van der Waals surface area (Å²) in [6.45, 7) is 5.86. The van der Waals surface area contributed by atoms with E-state index < -0.39 is 0 Å². The first-order chi connectivity index (χ1) is 16.1. The molecule has 2 aliphatic rings. The molecule has 2 aliphatic heterocycles. The first-order valence-electron chi connectivity index (χ1n) is 12.2. The zero-order chi connectivity index (χ0) is 23.0. The van der Waals surface area contributed by atoms with E-state index in [-0.39, 0.29) is 17.9 Å². The van der Waals surface area contributed by atoms with Crippen molar-refractivity contribution >= 4 is 17.6 Å². The van der Waals surface area contributed by atoms with Crippen molar-refractivity contribution in [2.75, 3.05) is 37.7 Å². The lowest BCUT2D eigenvalue weighted by molar-refractivity contribution is 0.0698. The molecule has 0 aliphatic carbocycles. The van der Waals surface area contributed by atoms with Gasteiger partial charge in [0.05, 0.1) is 12.2 Å². The van der Waals surface area contributed by atoms with Crippen LogP contribution in [-0.2, 0) is 0 Å². The van der Waals surface area contributed by atoms with Crippen LogP contribution in [0.4, 0.5) is 5.82 Å². The largest absolute Gasteiger partial charge is 0.494 e. The minimum Gasteiger partial charge on any atom is -0.494 e. The molecule has 2 fully saturated rings. The van der Waals surface area contributed by atoms with Gasteiger partial charge in [-0.15, -0.1) is 0 Å². The normalized spacial score (nSPS) is 17.4. The predicted molar refractivity (Wildman–Crippen MR) is 129 cm³/mol. The summed E-state index contributed by atoms with van der Waals surface area (Å²) in [5.41, 5.74) is 1.25. The van der Waals surface area contributed by atoms with Gasteiger partial charge in [0, 0.05) is 44.0 Å². The van der Waals surface area contributed by atoms with E-state index in [1.54, 1.807) is 6.20 Å². The molecule has 0 bridgehead atoms. The van der Waals surface area contributed by atoms with Crippen molar-refractivity contribution in [1.29, 1.82) is 0 Å². The second kappa shape index (κ2) is 11.2. The van der Waals surface area contributed by atoms with Crippen molar-refractivity contribution in [3.63, 3.8) is 0 Å². The first kappa shape index (κ1) is 23.1. The van der Waals surface area contributed by atoms with E-state index in [2.05, 4.69) is 15.2 Å². The number of likely N-dealkylation sites (tertiary alicyclic amines) is 1. The summed E-state index contributed by atoms with van der Waals surface area (Å²) in [6.07, 6.45) is 8.12. The molecular formula is C26H34N4O3. The maximum absolute atomic E-state index is 12.8. The van der Waals surface area contributed by atoms with Crippen LogP contribution in [0.15, 0.2) is 42.6 Å². The molecule has 2 amide bonds. The van der Waals surface area contributed by atoms with Gasteiger partial charge >= 0.3 is 0 Å². The predicted octanol–water partition coefficient (Wildman–Crippen LogP) is 3.90. The van der Waals surface area contributed by atoms with Gasteiger partial charge in [-0.05, 0) is 69.0 Å². The van der Waals surface area contributed by atoms with Gasteiger partial charge in [0.25, 0.3) is 11.8 Å². The summed E-state index contributed by atoms with van der Waals surface area (Å²) in [5.74, 6) is 1.65. The van der Waals surface area contributed by atoms with Gasteiger partial charge in [-0.2, -0.15) is 0 Å². The highest BCUT2D eigenvalue weighted by molar-refractivity contribution is 5.95. The fourth-order valence-corrected chi connectivity index (χ4v) is 4.55. The topological polar surface area (TPSA) is 74.8 Å². The van der Waals surface area contributed by atoms with Crippen LogP contribution >= 0.6 is 0 Å². The molecule has 0 radical (unpaired) electrons. The maximum Gasteiger partial charge on any atom is 0.253 e. The van der Waals surface area contributed by atoms with E-state index in [9.17, 15) is 9.59 Å². The molecule has 7 heteroatoms. The quantitative estimate of drug-likeness (QED) is 0.723. The monoisotopic (exact) mass is 450 g/mol. The van der Waals surface area contributed by atoms with Gasteiger partial charge in [-0.1, -0.05) is 12.8 Å². The number of carbonyl (C=O) groups excluding carboxylic acids is 2. The number of ether oxygens (including phenoxy) is 1. The van der Waals surface area contributed by atoms with Crippen molar-refractivity contribution in [3.8, 4) is 5.75 Å². The smallest absolute Gasteiger partial charge is 0.253 e. The number of hydrogen-bond acceptors (Lipinski definition) is 5. The van der Waals surface area contributed by atoms with Crippen molar-refractivity contribution in [2.24, 2.45) is 0 Å². The van der Waals surface area contributed by atoms with Crippen LogP contribution in [0.5, 0.6) is 5.75 Å². The van der Waals surface area contributed by atoms with Crippen LogP contribution in [0.2, 0.25) is 0 Å². The minimum atomic E-state index is -0.0961. The molecular weight excluding hydrogens is 416 g/mol. The molecule has 7 nitrogen and oxygen atoms in total. The van der Waals surface area contributed by atoms with Crippen molar-refractivity contribution in [3.05, 3.63) is 53.7 Å². The lowest BCUT2D eigenvalue weighted by Gasteiger charge is -2.32. The average Bonchev–Trinajstić information content (AvgIpc) is 3.15. The fourth-order valence-electron chi connectivity index (χ4n) is 4.55. The minimum absolute atomic E-state index is 0.0242. The lowest BCUT2D eigenvalue weighted by Crippen LogP contribution is -2.46. The van der Waals surface area contributed by atoms with Crippen molar-refractivity contribution in [1.82, 2.24) is 15.2 Å². The Morgan fingerprint density at radius 3 is 2.21 bits per heavy atom. The molecule has 4 rings (SSSR count). The van der Waals surface area contributed by atoms with Crippen molar-refractivity contribution < 1.29 is 14.3 Å². The van der Waals surface area contributed by atoms with Crippen LogP contribution in [0.1, 0.15) is 66.2 Å². The van der Waals surface area contributed by atoms with Crippen LogP contribution < -0.4 is 15.0 Å². The Labute approximate surface area is 196 Å². The summed E-state index contributed by atoms with van der Waals surface area (Å²) < 4.78 is 5.44. The Morgan fingerprint density at radius 1 is 0.939 bits per heavy atom. The van der Waals surface area contributed by atoms with Crippen LogP contribution in [-0.4, -0.2) is 60.5 Å². The number of nitrogens with one attached hydrogen (secondary N) is 1. The van der Waals surface area contributed by atoms with E-state index in [1.165, 1.54) is 25.7 Å². The zero-order valence-corrected chi connectivity index (χ0v) is 19.5. The third-order valence-corrected chi connectivity index (χ3v) is 6.47. The molecule has 1 N–H and O–H groups in total. The number of hydrogen-bond donors (Lipinski definition) is 1. The summed E-state index contributed by atoms with van der Waals surface area (Å²) >= 11 is 0. The maximum atomic E-state index is 12.8. The molecule has 0 unspecified atom stereocenters. The fraction of sp³-hybridized carbons (Fsp3) is 0.500. The Bertz CT molecular complexity index is 914. The average molecular weight is 451 g/mol. The van der Waals surface area contributed by atoms with E-state index in [0.29, 0.717) is 30.8 Å². The molecule has 2 aromatic rings. The Kier molecular flexibility index (Phi) is 7.81. The second-order valence-electron chi connectivity index (χ2n) is 8.80. The summed E-state index contributed by atoms with van der Waals surface area (Å²) in [5, 5.41) is 3.12. The number of piperidine rings is 1. The number of carbonyl (C=O) groups is 2. The second-order valence-corrected chi connectivity index (χ2v) is 8.80. The summed E-state index contributed by atoms with van der Waals surface area (Å²) in [4.78, 5) is 34.2. The number of anilines is 1. The third-order valence-electron chi connectivity index (χ3n) is 6.47. The standard InChI is InChI=1S/C26H34N4O3/c1-2-33-23-10-7-20(8-11-23)26(32)30-17-13-22(14-18-30)28-25(31)21-9-12-24(27-19-21)29-15-5-3-4-6-16-29/h7-12,19,22H,2-6,13-18H2,1H3,(H,28,31). The van der Waals surface area contributed by atoms with Crippen molar-refractivity contribution in [2.45, 2.75) is 51.5 Å². The SMILES string of the molecule is CCOc1ccc(C(=O)N2CCC(NC(=O)c3ccc(N4CCCCCC4)nc3)CC2)cc1. The van der Waals surface area contributed by atoms with Crippen LogP contribution in [0.25, 0.3) is 0 Å². The van der Waals surface area contributed by atoms with E-state index in [1.807, 2.05) is 48.2 Å². The lowest BCUT2D eigenvalue weighted by atomic mass is 10.0. The molecule has 176 valence electrons. The van der Waals surface area contributed by atoms with Gasteiger partial charge < -0.3 is 19.9 Å². The third kappa shape index (κ3) is 6.03. The molecule has 0 saturated carbocycles. The van der Waals surface area contributed by atoms with Gasteiger partial charge in [0.15, 0.2) is 0 Å². The Morgan fingerprint density at radius 2 is 1.61 bits per heavy atom. The van der Waals surface area contributed by atoms with E-state index in [0.717, 1.165) is 37.5 Å². The molecule has 1 aromatic carbocycles. The molecule has 2 saturated heterocycles. The highest BCUT2D eigenvalue weighted by Gasteiger charge is 2.25. The number of pyridine rings is 1. The number of rotatable bonds is 6. The first-order valence-corrected chi connectivity index (χ1v) is 12.2. The highest BCUT2D eigenvalue weighted by atomic mass is 16.5. The van der Waals surface area contributed by atoms with Crippen LogP contribution in [0.3, 0.4) is 0 Å². The molecule has 0 atom stereocenters. The van der Waals surface area contributed by atoms with Gasteiger partial charge in [-0.25, -0.2) is 4.98 Å². The Hall–Kier alpha value is -3.09. The molecule has 0 spiro atoms. The van der Waals surface area contributed by atoms with Gasteiger partial charge in [0.1, 0.15) is 11.6 Å². The van der Waals surface area contributed by atoms with Crippen LogP contribution in [0, 0.1) is 0 Å². The zero-order valence-electron chi connectivity index (χ0n) is 19.5. The van der Waals surface area contributed by atoms with E-state index >= 15 is 0 Å². The van der Waals surface area contributed by atoms with Gasteiger partial charge in [0.2, 0.25) is 0 Å². The molecule has 1 aromatic heterocycles. The molecule has 33 heavy (non-hydrogen) atoms. The number of benzene rings is 1. The number of aromatic nitrogens is 1. The van der Waals surface area contributed by atoms with E-state index in [4.69, 9.17) is 4.74 Å². The number of nitrogens with zero attached hydrogens (tertiary/aromatic N) is 3. The Balaban J connectivity index is 1.26.